The van der Waals surface area contributed by atoms with E-state index >= 15 is 0 Å². The SMILES string of the molecule is C=CCOC(=O)N1C[C@H](NS(=O)(=O)c2ccc([N+](=O)[O-])cc2)C[C@H]1C(=O)OC. The first-order valence-corrected chi connectivity index (χ1v) is 9.56. The second kappa shape index (κ2) is 8.80. The first kappa shape index (κ1) is 21.3. The van der Waals surface area contributed by atoms with Crippen molar-refractivity contribution in [3.05, 3.63) is 47.0 Å². The van der Waals surface area contributed by atoms with E-state index in [1.54, 1.807) is 0 Å². The van der Waals surface area contributed by atoms with Crippen molar-refractivity contribution >= 4 is 27.8 Å². The zero-order valence-electron chi connectivity index (χ0n) is 14.9. The van der Waals surface area contributed by atoms with Gasteiger partial charge in [-0.2, -0.15) is 0 Å². The first-order valence-electron chi connectivity index (χ1n) is 8.08. The number of methoxy groups -OCH3 is 1. The van der Waals surface area contributed by atoms with Crippen LogP contribution in [0.15, 0.2) is 41.8 Å². The van der Waals surface area contributed by atoms with Gasteiger partial charge in [0.1, 0.15) is 12.6 Å². The number of nitro groups is 1. The summed E-state index contributed by atoms with van der Waals surface area (Å²) in [5, 5.41) is 10.7. The maximum Gasteiger partial charge on any atom is 0.410 e. The normalized spacial score (nSPS) is 19.1. The van der Waals surface area contributed by atoms with Crippen LogP contribution in [0.25, 0.3) is 0 Å². The van der Waals surface area contributed by atoms with Crippen molar-refractivity contribution in [2.24, 2.45) is 0 Å². The fraction of sp³-hybridized carbons (Fsp3) is 0.375. The molecule has 0 spiro atoms. The second-order valence-electron chi connectivity index (χ2n) is 5.86. The summed E-state index contributed by atoms with van der Waals surface area (Å²) in [5.74, 6) is -0.701. The number of sulfonamides is 1. The molecule has 1 saturated heterocycles. The molecule has 0 radical (unpaired) electrons. The molecule has 152 valence electrons. The molecule has 2 atom stereocenters. The van der Waals surface area contributed by atoms with E-state index in [4.69, 9.17) is 4.74 Å². The summed E-state index contributed by atoms with van der Waals surface area (Å²) in [5.41, 5.74) is -0.248. The third-order valence-corrected chi connectivity index (χ3v) is 5.55. The van der Waals surface area contributed by atoms with Gasteiger partial charge in [0.2, 0.25) is 10.0 Å². The van der Waals surface area contributed by atoms with Gasteiger partial charge in [-0.1, -0.05) is 12.7 Å². The molecule has 11 nitrogen and oxygen atoms in total. The monoisotopic (exact) mass is 413 g/mol. The van der Waals surface area contributed by atoms with Crippen LogP contribution in [0.4, 0.5) is 10.5 Å². The lowest BCUT2D eigenvalue weighted by atomic mass is 10.2. The molecule has 1 aliphatic heterocycles. The predicted molar refractivity (Wildman–Crippen MR) is 95.9 cm³/mol. The van der Waals surface area contributed by atoms with Crippen LogP contribution in [0.3, 0.4) is 0 Å². The molecule has 1 heterocycles. The van der Waals surface area contributed by atoms with E-state index in [0.29, 0.717) is 0 Å². The van der Waals surface area contributed by atoms with Gasteiger partial charge in [-0.05, 0) is 18.6 Å². The smallest absolute Gasteiger partial charge is 0.410 e. The van der Waals surface area contributed by atoms with E-state index in [2.05, 4.69) is 16.0 Å². The van der Waals surface area contributed by atoms with E-state index in [-0.39, 0.29) is 30.2 Å². The van der Waals surface area contributed by atoms with Crippen molar-refractivity contribution < 1.29 is 32.4 Å². The third kappa shape index (κ3) is 4.84. The number of nitro benzene ring substituents is 1. The fourth-order valence-corrected chi connectivity index (χ4v) is 3.97. The molecule has 2 rings (SSSR count). The number of esters is 1. The zero-order chi connectivity index (χ0) is 20.9. The number of likely N-dealkylation sites (tertiary alicyclic amines) is 1. The number of carbonyl (C=O) groups is 2. The summed E-state index contributed by atoms with van der Waals surface area (Å²) in [6.45, 7) is 3.25. The van der Waals surface area contributed by atoms with Crippen LogP contribution in [0, 0.1) is 10.1 Å². The maximum absolute atomic E-state index is 12.5. The standard InChI is InChI=1S/C16H19N3O8S/c1-3-8-27-16(21)18-10-11(9-14(18)15(20)26-2)17-28(24,25)13-6-4-12(5-7-13)19(22)23/h3-7,11,14,17H,1,8-10H2,2H3/t11-,14+/m1/s1. The Balaban J connectivity index is 2.16. The van der Waals surface area contributed by atoms with Crippen molar-refractivity contribution in [1.29, 1.82) is 0 Å². The lowest BCUT2D eigenvalue weighted by Gasteiger charge is -2.21. The number of amides is 1. The molecule has 1 aromatic rings. The molecule has 28 heavy (non-hydrogen) atoms. The molecule has 1 amide bonds. The van der Waals surface area contributed by atoms with Crippen LogP contribution in [-0.2, 0) is 24.3 Å². The van der Waals surface area contributed by atoms with Crippen LogP contribution in [0.2, 0.25) is 0 Å². The van der Waals surface area contributed by atoms with Crippen LogP contribution >= 0.6 is 0 Å². The number of hydrogen-bond donors (Lipinski definition) is 1. The molecular formula is C16H19N3O8S. The molecule has 1 fully saturated rings. The number of nitrogens with zero attached hydrogens (tertiary/aromatic N) is 2. The number of rotatable bonds is 7. The molecule has 1 N–H and O–H groups in total. The summed E-state index contributed by atoms with van der Waals surface area (Å²) in [4.78, 5) is 35.0. The van der Waals surface area contributed by atoms with Crippen LogP contribution < -0.4 is 4.72 Å². The lowest BCUT2D eigenvalue weighted by molar-refractivity contribution is -0.384. The molecular weight excluding hydrogens is 394 g/mol. The van der Waals surface area contributed by atoms with Crippen molar-refractivity contribution in [2.75, 3.05) is 20.3 Å². The molecule has 0 bridgehead atoms. The summed E-state index contributed by atoms with van der Waals surface area (Å²) in [7, 11) is -2.87. The summed E-state index contributed by atoms with van der Waals surface area (Å²) >= 11 is 0. The van der Waals surface area contributed by atoms with Crippen LogP contribution in [0.1, 0.15) is 6.42 Å². The Morgan fingerprint density at radius 3 is 2.57 bits per heavy atom. The van der Waals surface area contributed by atoms with E-state index in [1.165, 1.54) is 6.08 Å². The van der Waals surface area contributed by atoms with Gasteiger partial charge in [0.25, 0.3) is 5.69 Å². The zero-order valence-corrected chi connectivity index (χ0v) is 15.8. The average molecular weight is 413 g/mol. The van der Waals surface area contributed by atoms with E-state index < -0.39 is 39.1 Å². The second-order valence-corrected chi connectivity index (χ2v) is 7.58. The Morgan fingerprint density at radius 2 is 2.04 bits per heavy atom. The number of non-ortho nitro benzene ring substituents is 1. The average Bonchev–Trinajstić information content (AvgIpc) is 3.08. The van der Waals surface area contributed by atoms with Gasteiger partial charge >= 0.3 is 12.1 Å². The molecule has 1 aromatic carbocycles. The minimum absolute atomic E-state index is 0.0118. The topological polar surface area (TPSA) is 145 Å². The van der Waals surface area contributed by atoms with E-state index in [1.807, 2.05) is 0 Å². The fourth-order valence-electron chi connectivity index (χ4n) is 2.73. The van der Waals surface area contributed by atoms with Gasteiger partial charge < -0.3 is 9.47 Å². The van der Waals surface area contributed by atoms with Gasteiger partial charge in [0.05, 0.1) is 16.9 Å². The summed E-state index contributed by atoms with van der Waals surface area (Å²) < 4.78 is 37.0. The van der Waals surface area contributed by atoms with Crippen molar-refractivity contribution in [1.82, 2.24) is 9.62 Å². The number of hydrogen-bond acceptors (Lipinski definition) is 8. The summed E-state index contributed by atoms with van der Waals surface area (Å²) in [6, 6.07) is 2.55. The number of nitrogens with one attached hydrogen (secondary N) is 1. The Labute approximate surface area is 161 Å². The molecule has 0 aliphatic carbocycles. The van der Waals surface area contributed by atoms with Crippen molar-refractivity contribution in [3.8, 4) is 0 Å². The van der Waals surface area contributed by atoms with Crippen molar-refractivity contribution in [2.45, 2.75) is 23.4 Å². The van der Waals surface area contributed by atoms with Gasteiger partial charge in [0, 0.05) is 24.7 Å². The highest BCUT2D eigenvalue weighted by Gasteiger charge is 2.42. The maximum atomic E-state index is 12.5. The minimum atomic E-state index is -4.03. The van der Waals surface area contributed by atoms with E-state index in [9.17, 15) is 28.1 Å². The minimum Gasteiger partial charge on any atom is -0.467 e. The van der Waals surface area contributed by atoms with Gasteiger partial charge in [-0.15, -0.1) is 0 Å². The van der Waals surface area contributed by atoms with Gasteiger partial charge in [-0.25, -0.2) is 22.7 Å². The first-order chi connectivity index (χ1) is 13.2. The van der Waals surface area contributed by atoms with Gasteiger partial charge in [-0.3, -0.25) is 15.0 Å². The third-order valence-electron chi connectivity index (χ3n) is 4.01. The number of benzene rings is 1. The predicted octanol–water partition coefficient (Wildman–Crippen LogP) is 0.812. The van der Waals surface area contributed by atoms with Crippen LogP contribution in [-0.4, -0.2) is 62.6 Å². The molecule has 1 aliphatic rings. The Bertz CT molecular complexity index is 868. The molecule has 0 aromatic heterocycles. The molecule has 0 unspecified atom stereocenters. The largest absolute Gasteiger partial charge is 0.467 e. The number of ether oxygens (including phenoxy) is 2. The Kier molecular flexibility index (Phi) is 6.70. The molecule has 12 heteroatoms. The van der Waals surface area contributed by atoms with Crippen molar-refractivity contribution in [3.63, 3.8) is 0 Å². The highest BCUT2D eigenvalue weighted by molar-refractivity contribution is 7.89. The molecule has 0 saturated carbocycles. The van der Waals surface area contributed by atoms with E-state index in [0.717, 1.165) is 36.3 Å². The highest BCUT2D eigenvalue weighted by Crippen LogP contribution is 2.23. The summed E-state index contributed by atoms with van der Waals surface area (Å²) in [6.07, 6.45) is 0.546. The lowest BCUT2D eigenvalue weighted by Crippen LogP contribution is -2.42. The van der Waals surface area contributed by atoms with Gasteiger partial charge in [0.15, 0.2) is 0 Å². The Hall–Kier alpha value is -2.99. The number of carbonyl (C=O) groups excluding carboxylic acids is 2. The quantitative estimate of drug-likeness (QED) is 0.299. The highest BCUT2D eigenvalue weighted by atomic mass is 32.2. The van der Waals surface area contributed by atoms with Crippen LogP contribution in [0.5, 0.6) is 0 Å². The Morgan fingerprint density at radius 1 is 1.39 bits per heavy atom.